The molecule has 13 nitrogen and oxygen atoms in total. The summed E-state index contributed by atoms with van der Waals surface area (Å²) in [5, 5.41) is 19.1. The van der Waals surface area contributed by atoms with Gasteiger partial charge in [0, 0.05) is 30.6 Å². The molecule has 0 fully saturated rings. The van der Waals surface area contributed by atoms with Crippen LogP contribution in [-0.2, 0) is 25.7 Å². The van der Waals surface area contributed by atoms with E-state index in [2.05, 4.69) is 15.3 Å². The lowest BCUT2D eigenvalue weighted by Crippen LogP contribution is -2.49. The Bertz CT molecular complexity index is 1600. The van der Waals surface area contributed by atoms with Crippen molar-refractivity contribution in [2.75, 3.05) is 6.61 Å². The first-order valence-electron chi connectivity index (χ1n) is 14.5. The molecule has 0 aliphatic carbocycles. The quantitative estimate of drug-likeness (QED) is 0.198. The van der Waals surface area contributed by atoms with Crippen LogP contribution in [0.3, 0.4) is 0 Å². The Morgan fingerprint density at radius 2 is 1.62 bits per heavy atom. The van der Waals surface area contributed by atoms with Crippen LogP contribution in [-0.4, -0.2) is 74.7 Å². The van der Waals surface area contributed by atoms with Crippen molar-refractivity contribution in [1.29, 1.82) is 0 Å². The molecule has 1 aromatic heterocycles. The zero-order valence-electron chi connectivity index (χ0n) is 25.9. The number of fused-ring (bicyclic) bond motifs is 1. The lowest BCUT2D eigenvalue weighted by molar-refractivity contribution is -0.192. The van der Waals surface area contributed by atoms with Crippen LogP contribution in [0.15, 0.2) is 77.9 Å². The van der Waals surface area contributed by atoms with Crippen molar-refractivity contribution in [1.82, 2.24) is 15.2 Å². The molecule has 0 bridgehead atoms. The number of benzene rings is 2. The van der Waals surface area contributed by atoms with Crippen LogP contribution in [0, 0.1) is 5.92 Å². The Morgan fingerprint density at radius 3 is 2.19 bits per heavy atom. The van der Waals surface area contributed by atoms with Gasteiger partial charge in [0.2, 0.25) is 11.8 Å². The zero-order valence-corrected chi connectivity index (χ0v) is 25.9. The van der Waals surface area contributed by atoms with E-state index in [4.69, 9.17) is 25.1 Å². The summed E-state index contributed by atoms with van der Waals surface area (Å²) in [5.74, 6) is -3.70. The number of hydrogen-bond acceptors (Lipinski definition) is 10. The van der Waals surface area contributed by atoms with E-state index in [1.807, 2.05) is 55.1 Å². The van der Waals surface area contributed by atoms with Gasteiger partial charge in [0.05, 0.1) is 17.4 Å². The van der Waals surface area contributed by atoms with Gasteiger partial charge in [-0.1, -0.05) is 50.2 Å². The normalized spacial score (nSPS) is 13.5. The Balaban J connectivity index is 0.000000804. The van der Waals surface area contributed by atoms with Crippen molar-refractivity contribution < 1.29 is 52.0 Å². The number of alkyl halides is 3. The van der Waals surface area contributed by atoms with Crippen LogP contribution in [0.1, 0.15) is 42.6 Å². The molecule has 1 amide bonds. The first-order valence-corrected chi connectivity index (χ1v) is 14.5. The largest absolute Gasteiger partial charge is 0.490 e. The maximum atomic E-state index is 12.8. The summed E-state index contributed by atoms with van der Waals surface area (Å²) in [6, 6.07) is 17.8. The number of para-hydroxylation sites is 1. The number of pyridine rings is 1. The maximum Gasteiger partial charge on any atom is 0.490 e. The van der Waals surface area contributed by atoms with Gasteiger partial charge in [0.15, 0.2) is 12.0 Å². The van der Waals surface area contributed by atoms with Crippen LogP contribution in [0.5, 0.6) is 11.6 Å². The molecule has 1 aliphatic rings. The Labute approximate surface area is 273 Å². The molecule has 1 aliphatic heterocycles. The van der Waals surface area contributed by atoms with E-state index in [0.717, 1.165) is 5.56 Å². The molecule has 5 N–H and O–H groups in total. The number of rotatable bonds is 12. The van der Waals surface area contributed by atoms with Crippen LogP contribution in [0.2, 0.25) is 0 Å². The Hall–Kier alpha value is -5.67. The molecule has 16 heteroatoms. The predicted molar refractivity (Wildman–Crippen MR) is 165 cm³/mol. The molecular weight excluding hydrogens is 639 g/mol. The number of carbonyl (C=O) groups is 4. The van der Waals surface area contributed by atoms with Gasteiger partial charge in [-0.3, -0.25) is 4.79 Å². The third-order valence-electron chi connectivity index (χ3n) is 6.88. The molecule has 4 rings (SSSR count). The minimum absolute atomic E-state index is 0.0363. The number of carboxylic acid groups (broad SMARTS) is 2. The summed E-state index contributed by atoms with van der Waals surface area (Å²) in [7, 11) is 0. The fourth-order valence-corrected chi connectivity index (χ4v) is 4.49. The van der Waals surface area contributed by atoms with Gasteiger partial charge in [-0.15, -0.1) is 0 Å². The molecule has 256 valence electrons. The first kappa shape index (κ1) is 36.8. The number of aromatic nitrogens is 1. The number of hydrogen-bond donors (Lipinski definition) is 4. The zero-order chi connectivity index (χ0) is 35.4. The van der Waals surface area contributed by atoms with Crippen molar-refractivity contribution in [2.24, 2.45) is 16.6 Å². The first-order chi connectivity index (χ1) is 22.6. The molecular formula is C32H34F3N5O8. The summed E-state index contributed by atoms with van der Waals surface area (Å²) in [6.07, 6.45) is -3.04. The van der Waals surface area contributed by atoms with E-state index in [9.17, 15) is 32.7 Å². The minimum Gasteiger partial charge on any atom is -0.480 e. The number of guanidine groups is 1. The molecule has 2 unspecified atom stereocenters. The van der Waals surface area contributed by atoms with Crippen molar-refractivity contribution in [3.63, 3.8) is 0 Å². The number of carbonyl (C=O) groups excluding carboxylic acids is 2. The summed E-state index contributed by atoms with van der Waals surface area (Å²) >= 11 is 0. The number of nitrogens with zero attached hydrogens (tertiary/aromatic N) is 3. The van der Waals surface area contributed by atoms with Crippen molar-refractivity contribution in [3.8, 4) is 11.6 Å². The van der Waals surface area contributed by atoms with Crippen LogP contribution in [0.25, 0.3) is 0 Å². The second kappa shape index (κ2) is 16.8. The van der Waals surface area contributed by atoms with E-state index in [1.54, 1.807) is 36.5 Å². The molecule has 0 spiro atoms. The molecule has 0 saturated heterocycles. The van der Waals surface area contributed by atoms with Crippen LogP contribution >= 0.6 is 0 Å². The summed E-state index contributed by atoms with van der Waals surface area (Å²) in [4.78, 5) is 56.3. The SMILES string of the molecule is CC(C)C(CCC(=O)NC(COC(=O)c1ccccc1)C(=O)O)N1Cc2cc(Oc3ccccc3)ncc2N=C1N.O=C(O)C(F)(F)F. The summed E-state index contributed by atoms with van der Waals surface area (Å²) in [6.45, 7) is 3.98. The number of aliphatic carboxylic acids is 2. The number of ether oxygens (including phenoxy) is 2. The number of halogens is 3. The second-order valence-electron chi connectivity index (χ2n) is 10.7. The van der Waals surface area contributed by atoms with E-state index < -0.39 is 42.6 Å². The van der Waals surface area contributed by atoms with Gasteiger partial charge < -0.3 is 35.6 Å². The van der Waals surface area contributed by atoms with E-state index in [0.29, 0.717) is 41.8 Å². The van der Waals surface area contributed by atoms with Gasteiger partial charge >= 0.3 is 24.1 Å². The van der Waals surface area contributed by atoms with E-state index in [-0.39, 0.29) is 18.4 Å². The van der Waals surface area contributed by atoms with Crippen LogP contribution in [0.4, 0.5) is 18.9 Å². The number of amides is 1. The average molecular weight is 674 g/mol. The number of aliphatic imine (C=N–C) groups is 1. The van der Waals surface area contributed by atoms with Gasteiger partial charge in [-0.05, 0) is 36.6 Å². The monoisotopic (exact) mass is 673 g/mol. The van der Waals surface area contributed by atoms with Gasteiger partial charge in [-0.25, -0.2) is 24.4 Å². The van der Waals surface area contributed by atoms with Gasteiger partial charge in [-0.2, -0.15) is 13.2 Å². The minimum atomic E-state index is -5.08. The third-order valence-corrected chi connectivity index (χ3v) is 6.88. The number of carboxylic acids is 2. The van der Waals surface area contributed by atoms with Crippen molar-refractivity contribution in [3.05, 3.63) is 84.1 Å². The third kappa shape index (κ3) is 11.0. The predicted octanol–water partition coefficient (Wildman–Crippen LogP) is 4.50. The summed E-state index contributed by atoms with van der Waals surface area (Å²) in [5.41, 5.74) is 8.14. The molecule has 2 aromatic carbocycles. The fourth-order valence-electron chi connectivity index (χ4n) is 4.49. The Kier molecular flexibility index (Phi) is 12.8. The van der Waals surface area contributed by atoms with Gasteiger partial charge in [0.25, 0.3) is 0 Å². The van der Waals surface area contributed by atoms with Crippen LogP contribution < -0.4 is 15.8 Å². The van der Waals surface area contributed by atoms with Crippen molar-refractivity contribution in [2.45, 2.75) is 51.5 Å². The second-order valence-corrected chi connectivity index (χ2v) is 10.7. The maximum absolute atomic E-state index is 12.8. The lowest BCUT2D eigenvalue weighted by Gasteiger charge is -2.37. The molecule has 2 heterocycles. The van der Waals surface area contributed by atoms with Gasteiger partial charge in [0.1, 0.15) is 12.4 Å². The highest BCUT2D eigenvalue weighted by Gasteiger charge is 2.38. The fraction of sp³-hybridized carbons (Fsp3) is 0.312. The molecule has 2 atom stereocenters. The Morgan fingerprint density at radius 1 is 1.02 bits per heavy atom. The highest BCUT2D eigenvalue weighted by Crippen LogP contribution is 2.32. The van der Waals surface area contributed by atoms with E-state index in [1.165, 1.54) is 0 Å². The topological polar surface area (TPSA) is 194 Å². The lowest BCUT2D eigenvalue weighted by atomic mass is 9.96. The summed E-state index contributed by atoms with van der Waals surface area (Å²) < 4.78 is 42.7. The number of nitrogens with two attached hydrogens (primary N) is 1. The molecule has 3 aromatic rings. The molecule has 48 heavy (non-hydrogen) atoms. The molecule has 0 saturated carbocycles. The van der Waals surface area contributed by atoms with E-state index >= 15 is 0 Å². The standard InChI is InChI=1S/C30H33N5O6.C2HF3O2/c1-19(2)25(13-14-26(36)33-24(28(37)38)18-40-29(39)20-9-5-3-6-10-20)35-17-21-15-27(32-16-23(21)34-30(35)31)41-22-11-7-4-8-12-22;3-2(4,5)1(6)7/h3-12,15-16,19,24-25H,13-14,17-18H2,1-2H3,(H2,31,34)(H,33,36)(H,37,38);(H,6,7). The number of esters is 1. The number of nitrogens with one attached hydrogen (secondary N) is 1. The average Bonchev–Trinajstić information content (AvgIpc) is 3.03. The molecule has 0 radical (unpaired) electrons. The highest BCUT2D eigenvalue weighted by atomic mass is 19.4. The highest BCUT2D eigenvalue weighted by molar-refractivity contribution is 5.90. The smallest absolute Gasteiger partial charge is 0.480 e. The van der Waals surface area contributed by atoms with Crippen molar-refractivity contribution >= 4 is 35.5 Å².